The lowest BCUT2D eigenvalue weighted by atomic mass is 10.1. The van der Waals surface area contributed by atoms with Crippen molar-refractivity contribution in [1.82, 2.24) is 14.4 Å². The summed E-state index contributed by atoms with van der Waals surface area (Å²) >= 11 is 5.90. The molecule has 4 rings (SSSR count). The molecule has 0 atom stereocenters. The van der Waals surface area contributed by atoms with Gasteiger partial charge in [-0.2, -0.15) is 0 Å². The SMILES string of the molecule is COc1ccc2c(ccn2CC(=O)N2CCN(C(=O)Cc3ccc(Cl)cc3)CC2)c1. The Kier molecular flexibility index (Phi) is 5.95. The van der Waals surface area contributed by atoms with Crippen molar-refractivity contribution in [2.24, 2.45) is 0 Å². The predicted octanol–water partition coefficient (Wildman–Crippen LogP) is 3.22. The Labute approximate surface area is 180 Å². The van der Waals surface area contributed by atoms with E-state index in [4.69, 9.17) is 16.3 Å². The molecule has 0 unspecified atom stereocenters. The summed E-state index contributed by atoms with van der Waals surface area (Å²) in [5.74, 6) is 0.939. The monoisotopic (exact) mass is 425 g/mol. The van der Waals surface area contributed by atoms with Crippen molar-refractivity contribution < 1.29 is 14.3 Å². The van der Waals surface area contributed by atoms with Gasteiger partial charge in [0.15, 0.2) is 0 Å². The largest absolute Gasteiger partial charge is 0.497 e. The van der Waals surface area contributed by atoms with Crippen molar-refractivity contribution in [2.45, 2.75) is 13.0 Å². The van der Waals surface area contributed by atoms with E-state index in [1.165, 1.54) is 0 Å². The van der Waals surface area contributed by atoms with Gasteiger partial charge in [-0.05, 0) is 42.0 Å². The highest BCUT2D eigenvalue weighted by Crippen LogP contribution is 2.22. The smallest absolute Gasteiger partial charge is 0.242 e. The van der Waals surface area contributed by atoms with E-state index < -0.39 is 0 Å². The maximum absolute atomic E-state index is 12.8. The fraction of sp³-hybridized carbons (Fsp3) is 0.304. The number of piperazine rings is 1. The fourth-order valence-corrected chi connectivity index (χ4v) is 3.91. The third kappa shape index (κ3) is 4.44. The van der Waals surface area contributed by atoms with Crippen LogP contribution in [0.1, 0.15) is 5.56 Å². The van der Waals surface area contributed by atoms with Crippen LogP contribution < -0.4 is 4.74 Å². The van der Waals surface area contributed by atoms with Gasteiger partial charge in [-0.15, -0.1) is 0 Å². The van der Waals surface area contributed by atoms with Crippen LogP contribution in [-0.2, 0) is 22.6 Å². The zero-order valence-corrected chi connectivity index (χ0v) is 17.6. The molecule has 2 heterocycles. The molecule has 3 aromatic rings. The maximum Gasteiger partial charge on any atom is 0.242 e. The molecule has 7 heteroatoms. The molecule has 2 amide bonds. The Balaban J connectivity index is 1.32. The van der Waals surface area contributed by atoms with Crippen molar-refractivity contribution in [3.63, 3.8) is 0 Å². The Morgan fingerprint density at radius 1 is 0.933 bits per heavy atom. The zero-order valence-electron chi connectivity index (χ0n) is 16.9. The highest BCUT2D eigenvalue weighted by atomic mass is 35.5. The number of amides is 2. The minimum absolute atomic E-state index is 0.0631. The lowest BCUT2D eigenvalue weighted by Crippen LogP contribution is -2.51. The molecular weight excluding hydrogens is 402 g/mol. The molecule has 1 aliphatic heterocycles. The second-order valence-corrected chi connectivity index (χ2v) is 7.87. The molecule has 1 saturated heterocycles. The minimum atomic E-state index is 0.0631. The van der Waals surface area contributed by atoms with Crippen LogP contribution in [0.3, 0.4) is 0 Å². The summed E-state index contributed by atoms with van der Waals surface area (Å²) in [6.45, 7) is 2.51. The van der Waals surface area contributed by atoms with E-state index in [9.17, 15) is 9.59 Å². The molecular formula is C23H24ClN3O3. The van der Waals surface area contributed by atoms with Gasteiger partial charge in [0.2, 0.25) is 11.8 Å². The molecule has 0 N–H and O–H groups in total. The molecule has 0 saturated carbocycles. The van der Waals surface area contributed by atoms with Gasteiger partial charge in [0.25, 0.3) is 0 Å². The van der Waals surface area contributed by atoms with Gasteiger partial charge in [-0.3, -0.25) is 9.59 Å². The number of ether oxygens (including phenoxy) is 1. The standard InChI is InChI=1S/C23H24ClN3O3/c1-30-20-6-7-21-18(15-20)8-9-27(21)16-23(29)26-12-10-25(11-13-26)22(28)14-17-2-4-19(24)5-3-17/h2-9,15H,10-14,16H2,1H3. The molecule has 1 aromatic heterocycles. The first-order valence-electron chi connectivity index (χ1n) is 9.96. The number of benzene rings is 2. The predicted molar refractivity (Wildman–Crippen MR) is 117 cm³/mol. The van der Waals surface area contributed by atoms with E-state index in [-0.39, 0.29) is 18.4 Å². The Morgan fingerprint density at radius 3 is 2.27 bits per heavy atom. The summed E-state index contributed by atoms with van der Waals surface area (Å²) < 4.78 is 7.21. The van der Waals surface area contributed by atoms with Gasteiger partial charge < -0.3 is 19.1 Å². The van der Waals surface area contributed by atoms with Gasteiger partial charge in [0.05, 0.1) is 13.5 Å². The van der Waals surface area contributed by atoms with E-state index in [0.717, 1.165) is 22.2 Å². The Morgan fingerprint density at radius 2 is 1.60 bits per heavy atom. The summed E-state index contributed by atoms with van der Waals surface area (Å²) in [5.41, 5.74) is 1.94. The molecule has 6 nitrogen and oxygen atoms in total. The third-order valence-corrected chi connectivity index (χ3v) is 5.79. The van der Waals surface area contributed by atoms with Gasteiger partial charge in [0.1, 0.15) is 12.3 Å². The summed E-state index contributed by atoms with van der Waals surface area (Å²) in [6, 6.07) is 15.1. The molecule has 1 aliphatic rings. The van der Waals surface area contributed by atoms with E-state index in [0.29, 0.717) is 37.6 Å². The van der Waals surface area contributed by atoms with Crippen LogP contribution in [0.5, 0.6) is 5.75 Å². The molecule has 0 bridgehead atoms. The first-order valence-corrected chi connectivity index (χ1v) is 10.3. The van der Waals surface area contributed by atoms with Gasteiger partial charge in [-0.25, -0.2) is 0 Å². The molecule has 0 aliphatic carbocycles. The van der Waals surface area contributed by atoms with Crippen LogP contribution in [0, 0.1) is 0 Å². The average molecular weight is 426 g/mol. The van der Waals surface area contributed by atoms with Gasteiger partial charge >= 0.3 is 0 Å². The van der Waals surface area contributed by atoms with Gasteiger partial charge in [-0.1, -0.05) is 23.7 Å². The van der Waals surface area contributed by atoms with Crippen LogP contribution in [-0.4, -0.2) is 59.5 Å². The molecule has 156 valence electrons. The second-order valence-electron chi connectivity index (χ2n) is 7.43. The summed E-state index contributed by atoms with van der Waals surface area (Å²) in [4.78, 5) is 29.0. The number of hydrogen-bond acceptors (Lipinski definition) is 3. The summed E-state index contributed by atoms with van der Waals surface area (Å²) in [7, 11) is 1.64. The van der Waals surface area contributed by atoms with E-state index in [2.05, 4.69) is 0 Å². The number of methoxy groups -OCH3 is 1. The molecule has 30 heavy (non-hydrogen) atoms. The zero-order chi connectivity index (χ0) is 21.1. The first kappa shape index (κ1) is 20.3. The third-order valence-electron chi connectivity index (χ3n) is 5.54. The Hall–Kier alpha value is -2.99. The van der Waals surface area contributed by atoms with Crippen LogP contribution in [0.15, 0.2) is 54.7 Å². The van der Waals surface area contributed by atoms with Crippen molar-refractivity contribution in [3.8, 4) is 5.75 Å². The second kappa shape index (κ2) is 8.79. The molecule has 0 spiro atoms. The highest BCUT2D eigenvalue weighted by molar-refractivity contribution is 6.30. The number of carbonyl (C=O) groups excluding carboxylic acids is 2. The first-order chi connectivity index (χ1) is 14.5. The minimum Gasteiger partial charge on any atom is -0.497 e. The Bertz CT molecular complexity index is 1050. The molecule has 2 aromatic carbocycles. The quantitative estimate of drug-likeness (QED) is 0.630. The molecule has 0 radical (unpaired) electrons. The van der Waals surface area contributed by atoms with Crippen LogP contribution in [0.2, 0.25) is 5.02 Å². The number of hydrogen-bond donors (Lipinski definition) is 0. The van der Waals surface area contributed by atoms with E-state index >= 15 is 0 Å². The topological polar surface area (TPSA) is 54.8 Å². The number of rotatable bonds is 5. The fourth-order valence-electron chi connectivity index (χ4n) is 3.78. The van der Waals surface area contributed by atoms with E-state index in [1.807, 2.05) is 57.0 Å². The van der Waals surface area contributed by atoms with Crippen molar-refractivity contribution >= 4 is 34.3 Å². The molecule has 1 fully saturated rings. The lowest BCUT2D eigenvalue weighted by Gasteiger charge is -2.35. The highest BCUT2D eigenvalue weighted by Gasteiger charge is 2.24. The average Bonchev–Trinajstić information content (AvgIpc) is 3.17. The van der Waals surface area contributed by atoms with E-state index in [1.54, 1.807) is 19.2 Å². The van der Waals surface area contributed by atoms with Crippen molar-refractivity contribution in [2.75, 3.05) is 33.3 Å². The number of aromatic nitrogens is 1. The van der Waals surface area contributed by atoms with Crippen LogP contribution in [0.25, 0.3) is 10.9 Å². The maximum atomic E-state index is 12.8. The number of carbonyl (C=O) groups is 2. The van der Waals surface area contributed by atoms with Crippen molar-refractivity contribution in [1.29, 1.82) is 0 Å². The van der Waals surface area contributed by atoms with Crippen LogP contribution >= 0.6 is 11.6 Å². The van der Waals surface area contributed by atoms with Crippen molar-refractivity contribution in [3.05, 3.63) is 65.3 Å². The number of halogens is 1. The normalized spacial score (nSPS) is 14.2. The summed E-state index contributed by atoms with van der Waals surface area (Å²) in [5, 5.41) is 1.70. The number of fused-ring (bicyclic) bond motifs is 1. The summed E-state index contributed by atoms with van der Waals surface area (Å²) in [6.07, 6.45) is 2.28. The number of nitrogens with zero attached hydrogens (tertiary/aromatic N) is 3. The lowest BCUT2D eigenvalue weighted by molar-refractivity contribution is -0.139. The van der Waals surface area contributed by atoms with Crippen LogP contribution in [0.4, 0.5) is 0 Å². The van der Waals surface area contributed by atoms with Gasteiger partial charge in [0, 0.05) is 48.3 Å².